The molecule has 268 valence electrons. The number of allylic oxidation sites excluding steroid dienone is 4. The molecule has 5 aromatic rings. The van der Waals surface area contributed by atoms with Crippen LogP contribution in [-0.2, 0) is 44.7 Å². The summed E-state index contributed by atoms with van der Waals surface area (Å²) in [6.07, 6.45) is 3.89. The van der Waals surface area contributed by atoms with Crippen LogP contribution in [0, 0.1) is 13.8 Å². The molecule has 7 rings (SSSR count). The Morgan fingerprint density at radius 1 is 0.712 bits per heavy atom. The van der Waals surface area contributed by atoms with Crippen LogP contribution < -0.4 is 28.1 Å². The molecule has 2 aliphatic carbocycles. The van der Waals surface area contributed by atoms with Gasteiger partial charge < -0.3 is 24.8 Å². The minimum atomic E-state index is -4.44. The van der Waals surface area contributed by atoms with Crippen molar-refractivity contribution >= 4 is 17.2 Å². The fourth-order valence-corrected chi connectivity index (χ4v) is 16.8. The Balaban J connectivity index is 0.00000261. The summed E-state index contributed by atoms with van der Waals surface area (Å²) >= 11 is -3.32. The molecule has 0 atom stereocenters. The van der Waals surface area contributed by atoms with Crippen molar-refractivity contribution in [1.82, 2.24) is 0 Å². The third kappa shape index (κ3) is 7.25. The van der Waals surface area contributed by atoms with Gasteiger partial charge in [0.25, 0.3) is 0 Å². The van der Waals surface area contributed by atoms with Crippen molar-refractivity contribution in [1.29, 1.82) is 0 Å². The van der Waals surface area contributed by atoms with Crippen molar-refractivity contribution in [2.75, 3.05) is 0 Å². The SMILES string of the molecule is Cc1cc2c(cc1C(C)(C)C)-c1cc(C(C)(C)C)c(C)[c](/[Zr+2]([C]3=CC=CC3)=[C](\c3cccc(C(F)(F)F)c3)c3cccc4ccccc34)c1C2.[Cl-].[Cl-]. The third-order valence-corrected chi connectivity index (χ3v) is 18.5. The molecule has 0 aliphatic heterocycles. The quantitative estimate of drug-likeness (QED) is 0.205. The molecular weight excluding hydrogens is 772 g/mol. The maximum Gasteiger partial charge on any atom is -1.00 e. The molecule has 0 N–H and O–H groups in total. The Morgan fingerprint density at radius 2 is 1.37 bits per heavy atom. The number of rotatable bonds is 4. The predicted octanol–water partition coefficient (Wildman–Crippen LogP) is 6.01. The van der Waals surface area contributed by atoms with Gasteiger partial charge in [-0.25, -0.2) is 0 Å². The summed E-state index contributed by atoms with van der Waals surface area (Å²) in [5.74, 6) is 0. The molecular formula is C46H45Cl2F3Zr. The number of benzene rings is 5. The van der Waals surface area contributed by atoms with E-state index in [4.69, 9.17) is 0 Å². The van der Waals surface area contributed by atoms with Crippen LogP contribution in [0.4, 0.5) is 13.2 Å². The Labute approximate surface area is 327 Å². The molecule has 0 amide bonds. The fourth-order valence-electron chi connectivity index (χ4n) is 8.35. The molecule has 0 spiro atoms. The van der Waals surface area contributed by atoms with Crippen LogP contribution in [0.2, 0.25) is 0 Å². The minimum absolute atomic E-state index is 0. The van der Waals surface area contributed by atoms with Gasteiger partial charge in [-0.2, -0.15) is 0 Å². The van der Waals surface area contributed by atoms with Gasteiger partial charge in [0.2, 0.25) is 0 Å². The molecule has 52 heavy (non-hydrogen) atoms. The fraction of sp³-hybridized carbons (Fsp3) is 0.283. The van der Waals surface area contributed by atoms with Crippen molar-refractivity contribution in [3.63, 3.8) is 0 Å². The number of alkyl halides is 3. The van der Waals surface area contributed by atoms with E-state index in [9.17, 15) is 13.2 Å². The van der Waals surface area contributed by atoms with E-state index in [1.54, 1.807) is 6.07 Å². The van der Waals surface area contributed by atoms with E-state index in [1.165, 1.54) is 63.2 Å². The molecule has 0 saturated carbocycles. The summed E-state index contributed by atoms with van der Waals surface area (Å²) < 4.78 is 47.2. The standard InChI is InChI=1S/C23H29.C18H11F3.C5H5.2ClH.Zr/c1-14-9-16-11-17-10-15(2)21(23(6,7)8)13-19(17)18(16)12-20(14)22(3,4)5;19-18(20,21)16-9-3-5-13(12-16)11-15-8-4-7-14-6-1-2-10-17(14)15;1-2-4-5-3-1;;;/h9,12-13H,11H2,1-8H3;1-10,12H;1-3H,4H2;2*1H;/q;;;;;+2/p-2. The summed E-state index contributed by atoms with van der Waals surface area (Å²) in [7, 11) is 0. The third-order valence-electron chi connectivity index (χ3n) is 10.5. The maximum absolute atomic E-state index is 14.4. The van der Waals surface area contributed by atoms with Crippen molar-refractivity contribution in [2.45, 2.75) is 85.2 Å². The van der Waals surface area contributed by atoms with Crippen LogP contribution in [0.15, 0.2) is 106 Å². The zero-order chi connectivity index (χ0) is 35.7. The second kappa shape index (κ2) is 14.7. The zero-order valence-corrected chi connectivity index (χ0v) is 35.1. The molecule has 0 heterocycles. The number of fused-ring (bicyclic) bond motifs is 4. The first kappa shape index (κ1) is 40.2. The first-order chi connectivity index (χ1) is 23.5. The van der Waals surface area contributed by atoms with Gasteiger partial charge in [0.15, 0.2) is 0 Å². The average molecular weight is 817 g/mol. The Morgan fingerprint density at radius 3 is 2.02 bits per heavy atom. The Bertz CT molecular complexity index is 2290. The van der Waals surface area contributed by atoms with Crippen LogP contribution in [0.1, 0.15) is 98.0 Å². The first-order valence-corrected chi connectivity index (χ1v) is 21.3. The van der Waals surface area contributed by atoms with Crippen LogP contribution in [-0.4, -0.2) is 3.21 Å². The number of aryl methyl sites for hydroxylation is 1. The van der Waals surface area contributed by atoms with Crippen LogP contribution >= 0.6 is 0 Å². The van der Waals surface area contributed by atoms with Crippen molar-refractivity contribution in [2.24, 2.45) is 0 Å². The molecule has 5 aromatic carbocycles. The Hall–Kier alpha value is -3.04. The van der Waals surface area contributed by atoms with Crippen LogP contribution in [0.5, 0.6) is 0 Å². The maximum atomic E-state index is 14.4. The molecule has 0 saturated heterocycles. The van der Waals surface area contributed by atoms with E-state index in [0.29, 0.717) is 5.56 Å². The van der Waals surface area contributed by atoms with Gasteiger partial charge in [-0.15, -0.1) is 0 Å². The van der Waals surface area contributed by atoms with Crippen molar-refractivity contribution < 1.29 is 59.3 Å². The van der Waals surface area contributed by atoms with E-state index < -0.39 is 33.0 Å². The monoisotopic (exact) mass is 814 g/mol. The summed E-state index contributed by atoms with van der Waals surface area (Å²) in [6, 6.07) is 28.1. The van der Waals surface area contributed by atoms with Gasteiger partial charge in [-0.1, -0.05) is 0 Å². The second-order valence-corrected chi connectivity index (χ2v) is 22.0. The summed E-state index contributed by atoms with van der Waals surface area (Å²) in [5.41, 5.74) is 11.7. The smallest absolute Gasteiger partial charge is 1.00 e. The van der Waals surface area contributed by atoms with Crippen molar-refractivity contribution in [3.05, 3.63) is 157 Å². The molecule has 2 aliphatic rings. The van der Waals surface area contributed by atoms with Gasteiger partial charge in [0, 0.05) is 0 Å². The van der Waals surface area contributed by atoms with E-state index >= 15 is 0 Å². The average Bonchev–Trinajstić information content (AvgIpc) is 3.70. The second-order valence-electron chi connectivity index (χ2n) is 16.1. The first-order valence-electron chi connectivity index (χ1n) is 17.6. The van der Waals surface area contributed by atoms with Crippen molar-refractivity contribution in [3.8, 4) is 11.1 Å². The topological polar surface area (TPSA) is 0 Å². The molecule has 0 unspecified atom stereocenters. The van der Waals surface area contributed by atoms with Crippen LogP contribution in [0.3, 0.4) is 0 Å². The Kier molecular flexibility index (Phi) is 11.3. The van der Waals surface area contributed by atoms with Gasteiger partial charge >= 0.3 is 305 Å². The molecule has 0 nitrogen and oxygen atoms in total. The molecule has 0 aromatic heterocycles. The molecule has 0 bridgehead atoms. The van der Waals surface area contributed by atoms with E-state index in [1.807, 2.05) is 18.2 Å². The summed E-state index contributed by atoms with van der Waals surface area (Å²) in [5, 5.41) is 2.18. The van der Waals surface area contributed by atoms with Gasteiger partial charge in [-0.3, -0.25) is 0 Å². The van der Waals surface area contributed by atoms with Gasteiger partial charge in [0.1, 0.15) is 0 Å². The molecule has 0 radical (unpaired) electrons. The number of hydrogen-bond acceptors (Lipinski definition) is 0. The minimum Gasteiger partial charge on any atom is -1.00 e. The molecule has 0 fully saturated rings. The van der Waals surface area contributed by atoms with Gasteiger partial charge in [-0.05, 0) is 0 Å². The largest absolute Gasteiger partial charge is 1.00 e. The number of halogens is 5. The van der Waals surface area contributed by atoms with Gasteiger partial charge in [0.05, 0.1) is 0 Å². The molecule has 6 heteroatoms. The summed E-state index contributed by atoms with van der Waals surface area (Å²) in [4.78, 5) is 0. The predicted molar refractivity (Wildman–Crippen MR) is 202 cm³/mol. The van der Waals surface area contributed by atoms with E-state index in [-0.39, 0.29) is 35.6 Å². The van der Waals surface area contributed by atoms with Crippen LogP contribution in [0.25, 0.3) is 21.9 Å². The zero-order valence-electron chi connectivity index (χ0n) is 31.1. The summed E-state index contributed by atoms with van der Waals surface area (Å²) in [6.45, 7) is 18.2. The number of hydrogen-bond donors (Lipinski definition) is 0. The normalized spacial score (nSPS) is 14.0. The van der Waals surface area contributed by atoms with E-state index in [2.05, 4.69) is 122 Å². The van der Waals surface area contributed by atoms with E-state index in [0.717, 1.165) is 32.4 Å².